The van der Waals surface area contributed by atoms with Crippen LogP contribution >= 0.6 is 23.2 Å². The fourth-order valence-corrected chi connectivity index (χ4v) is 3.40. The molecule has 0 aromatic heterocycles. The minimum Gasteiger partial charge on any atom is -0.337 e. The molecule has 140 valence electrons. The summed E-state index contributed by atoms with van der Waals surface area (Å²) < 4.78 is 0. The monoisotopic (exact) mass is 385 g/mol. The van der Waals surface area contributed by atoms with Crippen LogP contribution < -0.4 is 5.32 Å². The van der Waals surface area contributed by atoms with Gasteiger partial charge in [0.25, 0.3) is 0 Å². The first-order valence-corrected chi connectivity index (χ1v) is 9.87. The molecule has 1 N–H and O–H groups in total. The average Bonchev–Trinajstić information content (AvgIpc) is 2.55. The Hall–Kier alpha value is -0.810. The first-order valence-electron chi connectivity index (χ1n) is 9.12. The third-order valence-corrected chi connectivity index (χ3v) is 5.90. The summed E-state index contributed by atoms with van der Waals surface area (Å²) in [6.45, 7) is 12.4. The van der Waals surface area contributed by atoms with Gasteiger partial charge in [-0.05, 0) is 49.8 Å². The van der Waals surface area contributed by atoms with Gasteiger partial charge in [0.1, 0.15) is 0 Å². The van der Waals surface area contributed by atoms with Crippen LogP contribution in [0.1, 0.15) is 26.3 Å². The van der Waals surface area contributed by atoms with Gasteiger partial charge in [-0.25, -0.2) is 0 Å². The summed E-state index contributed by atoms with van der Waals surface area (Å²) in [5.41, 5.74) is 1.02. The molecule has 25 heavy (non-hydrogen) atoms. The van der Waals surface area contributed by atoms with E-state index in [9.17, 15) is 4.79 Å². The number of carbonyl (C=O) groups excluding carboxylic acids is 1. The normalized spacial score (nSPS) is 15.9. The molecular weight excluding hydrogens is 357 g/mol. The zero-order chi connectivity index (χ0) is 18.4. The minimum absolute atomic E-state index is 0.0423. The van der Waals surface area contributed by atoms with Crippen LogP contribution in [-0.4, -0.2) is 55.0 Å². The number of carbonyl (C=O) groups is 1. The smallest absolute Gasteiger partial charge is 0.226 e. The molecule has 1 amide bonds. The summed E-state index contributed by atoms with van der Waals surface area (Å²) >= 11 is 12.2. The number of likely N-dealkylation sites (N-methyl/N-ethyl adjacent to an activating group) is 1. The van der Waals surface area contributed by atoms with Crippen LogP contribution in [-0.2, 0) is 11.3 Å². The first-order chi connectivity index (χ1) is 12.0. The molecule has 0 bridgehead atoms. The lowest BCUT2D eigenvalue weighted by atomic mass is 9.88. The molecule has 1 unspecified atom stereocenters. The Morgan fingerprint density at radius 1 is 1.20 bits per heavy atom. The summed E-state index contributed by atoms with van der Waals surface area (Å²) in [6, 6.07) is 5.60. The number of benzene rings is 1. The Kier molecular flexibility index (Phi) is 8.01. The van der Waals surface area contributed by atoms with Gasteiger partial charge in [0.15, 0.2) is 0 Å². The number of halogens is 2. The number of nitrogens with one attached hydrogen (secondary N) is 1. The molecule has 1 aliphatic heterocycles. The van der Waals surface area contributed by atoms with E-state index in [0.29, 0.717) is 22.5 Å². The van der Waals surface area contributed by atoms with Gasteiger partial charge in [0.05, 0.1) is 10.0 Å². The second-order valence-electron chi connectivity index (χ2n) is 6.74. The Labute approximate surface area is 161 Å². The summed E-state index contributed by atoms with van der Waals surface area (Å²) in [5, 5.41) is 4.33. The van der Waals surface area contributed by atoms with E-state index < -0.39 is 0 Å². The Morgan fingerprint density at radius 2 is 1.88 bits per heavy atom. The molecule has 1 fully saturated rings. The van der Waals surface area contributed by atoms with E-state index in [2.05, 4.69) is 24.1 Å². The van der Waals surface area contributed by atoms with Crippen molar-refractivity contribution in [2.45, 2.75) is 27.3 Å². The topological polar surface area (TPSA) is 35.6 Å². The fourth-order valence-electron chi connectivity index (χ4n) is 3.08. The standard InChI is InChI=1S/C19H29Cl2N3O/c1-4-23(5-2)8-9-24(19(25)14(3)16-11-22-12-16)13-15-6-7-17(20)18(21)10-15/h6-7,10,14,16,22H,4-5,8-9,11-13H2,1-3H3. The van der Waals surface area contributed by atoms with Gasteiger partial charge in [-0.2, -0.15) is 0 Å². The Balaban J connectivity index is 2.09. The first kappa shape index (κ1) is 20.5. The lowest BCUT2D eigenvalue weighted by Gasteiger charge is -2.36. The van der Waals surface area contributed by atoms with Gasteiger partial charge in [0, 0.05) is 25.6 Å². The molecule has 0 aliphatic carbocycles. The second kappa shape index (κ2) is 9.77. The maximum atomic E-state index is 13.0. The van der Waals surface area contributed by atoms with E-state index in [1.165, 1.54) is 0 Å². The molecule has 2 rings (SSSR count). The van der Waals surface area contributed by atoms with Gasteiger partial charge in [0.2, 0.25) is 5.91 Å². The SMILES string of the molecule is CCN(CC)CCN(Cc1ccc(Cl)c(Cl)c1)C(=O)C(C)C1CNC1. The van der Waals surface area contributed by atoms with E-state index in [0.717, 1.165) is 44.8 Å². The van der Waals surface area contributed by atoms with Crippen molar-refractivity contribution >= 4 is 29.1 Å². The molecular formula is C19H29Cl2N3O. The van der Waals surface area contributed by atoms with E-state index in [4.69, 9.17) is 23.2 Å². The molecule has 1 aliphatic rings. The molecule has 1 saturated heterocycles. The minimum atomic E-state index is 0.0423. The highest BCUT2D eigenvalue weighted by Gasteiger charge is 2.31. The summed E-state index contributed by atoms with van der Waals surface area (Å²) in [6.07, 6.45) is 0. The van der Waals surface area contributed by atoms with Crippen molar-refractivity contribution in [1.29, 1.82) is 0 Å². The highest BCUT2D eigenvalue weighted by atomic mass is 35.5. The van der Waals surface area contributed by atoms with Crippen LogP contribution in [0.4, 0.5) is 0 Å². The maximum Gasteiger partial charge on any atom is 0.226 e. The molecule has 0 radical (unpaired) electrons. The van der Waals surface area contributed by atoms with Crippen LogP contribution in [0.2, 0.25) is 10.0 Å². The molecule has 0 saturated carbocycles. The van der Waals surface area contributed by atoms with E-state index in [1.54, 1.807) is 6.07 Å². The van der Waals surface area contributed by atoms with Crippen LogP contribution in [0.15, 0.2) is 18.2 Å². The van der Waals surface area contributed by atoms with Gasteiger partial charge in [-0.15, -0.1) is 0 Å². The zero-order valence-electron chi connectivity index (χ0n) is 15.4. The predicted octanol–water partition coefficient (Wildman–Crippen LogP) is 3.52. The highest BCUT2D eigenvalue weighted by molar-refractivity contribution is 6.42. The Morgan fingerprint density at radius 3 is 2.40 bits per heavy atom. The second-order valence-corrected chi connectivity index (χ2v) is 7.56. The lowest BCUT2D eigenvalue weighted by molar-refractivity contribution is -0.138. The summed E-state index contributed by atoms with van der Waals surface area (Å²) in [5.74, 6) is 0.711. The van der Waals surface area contributed by atoms with E-state index in [-0.39, 0.29) is 11.8 Å². The van der Waals surface area contributed by atoms with Crippen molar-refractivity contribution in [3.05, 3.63) is 33.8 Å². The van der Waals surface area contributed by atoms with Gasteiger partial charge in [-0.1, -0.05) is 50.0 Å². The van der Waals surface area contributed by atoms with E-state index >= 15 is 0 Å². The summed E-state index contributed by atoms with van der Waals surface area (Å²) in [7, 11) is 0. The largest absolute Gasteiger partial charge is 0.337 e. The number of hydrogen-bond donors (Lipinski definition) is 1. The van der Waals surface area contributed by atoms with Crippen molar-refractivity contribution < 1.29 is 4.79 Å². The van der Waals surface area contributed by atoms with E-state index in [1.807, 2.05) is 24.0 Å². The Bertz CT molecular complexity index is 574. The lowest BCUT2D eigenvalue weighted by Crippen LogP contribution is -2.51. The van der Waals surface area contributed by atoms with Crippen molar-refractivity contribution in [1.82, 2.24) is 15.1 Å². The molecule has 1 atom stereocenters. The number of nitrogens with zero attached hydrogens (tertiary/aromatic N) is 2. The third-order valence-electron chi connectivity index (χ3n) is 5.16. The van der Waals surface area contributed by atoms with Crippen LogP contribution in [0, 0.1) is 11.8 Å². The van der Waals surface area contributed by atoms with Gasteiger partial charge >= 0.3 is 0 Å². The van der Waals surface area contributed by atoms with Crippen LogP contribution in [0.5, 0.6) is 0 Å². The van der Waals surface area contributed by atoms with Crippen molar-refractivity contribution in [2.24, 2.45) is 11.8 Å². The van der Waals surface area contributed by atoms with Gasteiger partial charge in [-0.3, -0.25) is 4.79 Å². The maximum absolute atomic E-state index is 13.0. The van der Waals surface area contributed by atoms with Crippen molar-refractivity contribution in [3.63, 3.8) is 0 Å². The molecule has 1 aromatic rings. The highest BCUT2D eigenvalue weighted by Crippen LogP contribution is 2.24. The van der Waals surface area contributed by atoms with Crippen molar-refractivity contribution in [2.75, 3.05) is 39.3 Å². The fraction of sp³-hybridized carbons (Fsp3) is 0.632. The zero-order valence-corrected chi connectivity index (χ0v) is 16.9. The molecule has 4 nitrogen and oxygen atoms in total. The van der Waals surface area contributed by atoms with Crippen LogP contribution in [0.25, 0.3) is 0 Å². The van der Waals surface area contributed by atoms with Gasteiger partial charge < -0.3 is 15.1 Å². The number of amides is 1. The molecule has 6 heteroatoms. The molecule has 1 heterocycles. The molecule has 1 aromatic carbocycles. The average molecular weight is 386 g/mol. The summed E-state index contributed by atoms with van der Waals surface area (Å²) in [4.78, 5) is 17.4. The third kappa shape index (κ3) is 5.58. The molecule has 0 spiro atoms. The van der Waals surface area contributed by atoms with Crippen LogP contribution in [0.3, 0.4) is 0 Å². The quantitative estimate of drug-likeness (QED) is 0.706. The number of rotatable bonds is 9. The predicted molar refractivity (Wildman–Crippen MR) is 105 cm³/mol. The van der Waals surface area contributed by atoms with Crippen molar-refractivity contribution in [3.8, 4) is 0 Å². The number of hydrogen-bond acceptors (Lipinski definition) is 3.